The molecular weight excluding hydrogens is 581 g/mol. The van der Waals surface area contributed by atoms with Crippen molar-refractivity contribution in [2.45, 2.75) is 25.7 Å². The molecule has 0 fully saturated rings. The van der Waals surface area contributed by atoms with Gasteiger partial charge in [0.25, 0.3) is 0 Å². The molecule has 0 aliphatic rings. The SMILES string of the molecule is O=C(O)N(Cc1ccccc1)CC(c1ccc(OCc2ccccc2)c(Cl)c1)c1ccc(OCc2ccccc2)c(Cl)c1. The van der Waals surface area contributed by atoms with Gasteiger partial charge in [-0.25, -0.2) is 4.79 Å². The Hall–Kier alpha value is -4.45. The number of hydrogen-bond acceptors (Lipinski definition) is 3. The van der Waals surface area contributed by atoms with E-state index in [2.05, 4.69) is 0 Å². The maximum Gasteiger partial charge on any atom is 0.407 e. The van der Waals surface area contributed by atoms with Gasteiger partial charge in [0.2, 0.25) is 0 Å². The van der Waals surface area contributed by atoms with E-state index in [1.165, 1.54) is 4.90 Å². The van der Waals surface area contributed by atoms with E-state index in [1.54, 1.807) is 0 Å². The molecule has 0 saturated carbocycles. The van der Waals surface area contributed by atoms with Crippen molar-refractivity contribution in [2.24, 2.45) is 0 Å². The third-order valence-electron chi connectivity index (χ3n) is 7.08. The van der Waals surface area contributed by atoms with E-state index in [0.717, 1.165) is 27.8 Å². The number of rotatable bonds is 12. The molecule has 0 bridgehead atoms. The van der Waals surface area contributed by atoms with Crippen LogP contribution in [0, 0.1) is 0 Å². The van der Waals surface area contributed by atoms with Gasteiger partial charge in [-0.1, -0.05) is 126 Å². The van der Waals surface area contributed by atoms with Crippen LogP contribution in [0.5, 0.6) is 11.5 Å². The summed E-state index contributed by atoms with van der Waals surface area (Å²) in [6.45, 7) is 1.19. The largest absolute Gasteiger partial charge is 0.487 e. The lowest BCUT2D eigenvalue weighted by Gasteiger charge is -2.27. The van der Waals surface area contributed by atoms with Gasteiger partial charge in [-0.15, -0.1) is 0 Å². The molecule has 43 heavy (non-hydrogen) atoms. The minimum atomic E-state index is -1.02. The summed E-state index contributed by atoms with van der Waals surface area (Å²) in [5.41, 5.74) is 4.63. The van der Waals surface area contributed by atoms with Gasteiger partial charge < -0.3 is 19.5 Å². The van der Waals surface area contributed by atoms with Gasteiger partial charge in [-0.2, -0.15) is 0 Å². The number of amides is 1. The van der Waals surface area contributed by atoms with Crippen molar-refractivity contribution in [3.05, 3.63) is 165 Å². The van der Waals surface area contributed by atoms with Crippen molar-refractivity contribution >= 4 is 29.3 Å². The molecule has 0 aliphatic carbocycles. The molecule has 5 nitrogen and oxygen atoms in total. The molecule has 0 heterocycles. The highest BCUT2D eigenvalue weighted by Crippen LogP contribution is 2.36. The minimum Gasteiger partial charge on any atom is -0.487 e. The number of hydrogen-bond donors (Lipinski definition) is 1. The number of carboxylic acid groups (broad SMARTS) is 1. The maximum atomic E-state index is 12.4. The molecule has 0 aromatic heterocycles. The van der Waals surface area contributed by atoms with Crippen molar-refractivity contribution in [1.82, 2.24) is 4.90 Å². The summed E-state index contributed by atoms with van der Waals surface area (Å²) in [5.74, 6) is 0.742. The van der Waals surface area contributed by atoms with E-state index < -0.39 is 6.09 Å². The normalized spacial score (nSPS) is 10.9. The molecule has 0 atom stereocenters. The second kappa shape index (κ2) is 14.6. The molecule has 0 spiro atoms. The standard InChI is InChI=1S/C36H31Cl2NO4/c37-32-20-29(16-18-34(32)42-24-27-12-6-2-7-13-27)31(23-39(36(40)41)22-26-10-4-1-5-11-26)30-17-19-35(33(38)21-30)43-25-28-14-8-3-9-15-28/h1-21,31H,22-25H2,(H,40,41). The van der Waals surface area contributed by atoms with Gasteiger partial charge in [0.05, 0.1) is 10.0 Å². The second-order valence-electron chi connectivity index (χ2n) is 10.1. The molecule has 0 aliphatic heterocycles. The van der Waals surface area contributed by atoms with Crippen LogP contribution in [-0.2, 0) is 19.8 Å². The number of nitrogens with zero attached hydrogens (tertiary/aromatic N) is 1. The van der Waals surface area contributed by atoms with Crippen LogP contribution in [0.2, 0.25) is 10.0 Å². The molecule has 218 valence electrons. The van der Waals surface area contributed by atoms with Crippen LogP contribution in [-0.4, -0.2) is 22.6 Å². The van der Waals surface area contributed by atoms with Crippen LogP contribution in [0.4, 0.5) is 4.79 Å². The fraction of sp³-hybridized carbons (Fsp3) is 0.139. The Morgan fingerprint density at radius 3 is 1.44 bits per heavy atom. The average molecular weight is 613 g/mol. The first-order valence-electron chi connectivity index (χ1n) is 13.9. The summed E-state index contributed by atoms with van der Waals surface area (Å²) in [5, 5.41) is 11.0. The van der Waals surface area contributed by atoms with Crippen LogP contribution >= 0.6 is 23.2 Å². The molecule has 1 N–H and O–H groups in total. The smallest absolute Gasteiger partial charge is 0.407 e. The van der Waals surface area contributed by atoms with Crippen molar-refractivity contribution in [3.8, 4) is 11.5 Å². The Bertz CT molecular complexity index is 1540. The summed E-state index contributed by atoms with van der Waals surface area (Å²) in [4.78, 5) is 13.8. The third-order valence-corrected chi connectivity index (χ3v) is 7.67. The molecule has 0 saturated heterocycles. The van der Waals surface area contributed by atoms with Crippen LogP contribution in [0.1, 0.15) is 33.7 Å². The number of benzene rings is 5. The Balaban J connectivity index is 1.42. The molecule has 5 aromatic carbocycles. The van der Waals surface area contributed by atoms with Gasteiger partial charge in [-0.3, -0.25) is 0 Å². The van der Waals surface area contributed by atoms with Gasteiger partial charge in [0, 0.05) is 19.0 Å². The summed E-state index contributed by atoms with van der Waals surface area (Å²) in [6, 6.07) is 40.4. The van der Waals surface area contributed by atoms with Gasteiger partial charge >= 0.3 is 6.09 Å². The highest BCUT2D eigenvalue weighted by atomic mass is 35.5. The van der Waals surface area contributed by atoms with Crippen LogP contribution < -0.4 is 9.47 Å². The van der Waals surface area contributed by atoms with Crippen LogP contribution in [0.3, 0.4) is 0 Å². The number of ether oxygens (including phenoxy) is 2. The van der Waals surface area contributed by atoms with Gasteiger partial charge in [0.15, 0.2) is 0 Å². The van der Waals surface area contributed by atoms with Crippen molar-refractivity contribution < 1.29 is 19.4 Å². The first-order valence-corrected chi connectivity index (χ1v) is 14.7. The average Bonchev–Trinajstić information content (AvgIpc) is 3.03. The quantitative estimate of drug-likeness (QED) is 0.153. The number of carbonyl (C=O) groups is 1. The second-order valence-corrected chi connectivity index (χ2v) is 10.9. The monoisotopic (exact) mass is 611 g/mol. The van der Waals surface area contributed by atoms with Crippen LogP contribution in [0.25, 0.3) is 0 Å². The fourth-order valence-electron chi connectivity index (χ4n) is 4.81. The zero-order chi connectivity index (χ0) is 30.0. The Morgan fingerprint density at radius 2 is 1.05 bits per heavy atom. The van der Waals surface area contributed by atoms with Crippen molar-refractivity contribution in [2.75, 3.05) is 6.54 Å². The molecule has 5 aromatic rings. The lowest BCUT2D eigenvalue weighted by molar-refractivity contribution is 0.140. The topological polar surface area (TPSA) is 59.0 Å². The highest BCUT2D eigenvalue weighted by Gasteiger charge is 2.24. The van der Waals surface area contributed by atoms with Crippen molar-refractivity contribution in [3.63, 3.8) is 0 Å². The van der Waals surface area contributed by atoms with Gasteiger partial charge in [-0.05, 0) is 52.1 Å². The third kappa shape index (κ3) is 8.31. The molecule has 0 unspecified atom stereocenters. The lowest BCUT2D eigenvalue weighted by Crippen LogP contribution is -2.33. The Morgan fingerprint density at radius 1 is 0.628 bits per heavy atom. The summed E-state index contributed by atoms with van der Waals surface area (Å²) in [6.07, 6.45) is -1.02. The predicted molar refractivity (Wildman–Crippen MR) is 171 cm³/mol. The molecule has 1 amide bonds. The molecule has 5 rings (SSSR count). The van der Waals surface area contributed by atoms with Crippen molar-refractivity contribution in [1.29, 1.82) is 0 Å². The van der Waals surface area contributed by atoms with E-state index in [9.17, 15) is 9.90 Å². The Kier molecular flexibility index (Phi) is 10.2. The number of halogens is 2. The van der Waals surface area contributed by atoms with E-state index >= 15 is 0 Å². The van der Waals surface area contributed by atoms with E-state index in [-0.39, 0.29) is 19.0 Å². The lowest BCUT2D eigenvalue weighted by atomic mass is 9.90. The summed E-state index contributed by atoms with van der Waals surface area (Å²) >= 11 is 13.4. The minimum absolute atomic E-state index is 0.186. The summed E-state index contributed by atoms with van der Waals surface area (Å²) < 4.78 is 12.0. The van der Waals surface area contributed by atoms with E-state index in [1.807, 2.05) is 127 Å². The van der Waals surface area contributed by atoms with Gasteiger partial charge in [0.1, 0.15) is 24.7 Å². The zero-order valence-corrected chi connectivity index (χ0v) is 24.9. The van der Waals surface area contributed by atoms with Crippen LogP contribution in [0.15, 0.2) is 127 Å². The first kappa shape index (κ1) is 30.0. The van der Waals surface area contributed by atoms with E-state index in [4.69, 9.17) is 32.7 Å². The molecular formula is C36H31Cl2NO4. The molecule has 7 heteroatoms. The highest BCUT2D eigenvalue weighted by molar-refractivity contribution is 6.32. The molecule has 0 radical (unpaired) electrons. The first-order chi connectivity index (χ1) is 21.0. The summed E-state index contributed by atoms with van der Waals surface area (Å²) in [7, 11) is 0. The zero-order valence-electron chi connectivity index (χ0n) is 23.4. The maximum absolute atomic E-state index is 12.4. The predicted octanol–water partition coefficient (Wildman–Crippen LogP) is 9.46. The Labute approximate surface area is 261 Å². The fourth-order valence-corrected chi connectivity index (χ4v) is 5.30. The van der Waals surface area contributed by atoms with E-state index in [0.29, 0.717) is 34.8 Å².